The third kappa shape index (κ3) is 12.4. The molecule has 0 spiro atoms. The van der Waals surface area contributed by atoms with Crippen LogP contribution >= 0.6 is 0 Å². The van der Waals surface area contributed by atoms with Crippen LogP contribution in [0.15, 0.2) is 47.6 Å². The van der Waals surface area contributed by atoms with E-state index in [2.05, 4.69) is 0 Å². The standard InChI is InChI=1S/C52H79NO11/c1-30-14-10-9-11-15-31(2)45(63-8)23-37-18-17-36(7)52(62,28-37)49(59)50(60)53-19-13-12-16-42(53)51(61)64-46(33(4)22-38-24-40-25-39(38)26-44(40)56)27-43(55)32(3)21-35(6)48(58)41(29-54)47(57)34(5)20-30/h9-11,14-15,21,30,32-34,36-42,44-46,48,54,56,58,62H,12-13,16-20,22-29H2,1-8H3/b11-9+,14-10+,31-15+,35-21+/t30-,32-,33-,34-,36-,37+,38+,39-,40+,41+,42+,44+,45+,46+,48-,52+/m1/s1. The van der Waals surface area contributed by atoms with Crippen molar-refractivity contribution in [1.82, 2.24) is 4.90 Å². The third-order valence-electron chi connectivity index (χ3n) is 16.0. The van der Waals surface area contributed by atoms with Gasteiger partial charge in [-0.05, 0) is 143 Å². The minimum Gasteiger partial charge on any atom is -0.460 e. The van der Waals surface area contributed by atoms with E-state index in [1.165, 1.54) is 4.90 Å². The Bertz CT molecular complexity index is 1780. The number of hydrogen-bond acceptors (Lipinski definition) is 11. The quantitative estimate of drug-likeness (QED) is 0.131. The average molecular weight is 894 g/mol. The van der Waals surface area contributed by atoms with Crippen LogP contribution in [0.5, 0.6) is 0 Å². The summed E-state index contributed by atoms with van der Waals surface area (Å²) in [6.07, 6.45) is 15.6. The fraction of sp³-hybridized carbons (Fsp3) is 0.750. The number of carbonyl (C=O) groups is 5. The first-order valence-electron chi connectivity index (χ1n) is 24.3. The van der Waals surface area contributed by atoms with Crippen molar-refractivity contribution in [3.8, 4) is 0 Å². The molecule has 12 nitrogen and oxygen atoms in total. The summed E-state index contributed by atoms with van der Waals surface area (Å²) < 4.78 is 12.2. The number of ether oxygens (including phenoxy) is 2. The number of amides is 1. The second-order valence-electron chi connectivity index (χ2n) is 20.8. The molecule has 2 heterocycles. The Labute approximate surface area is 382 Å². The summed E-state index contributed by atoms with van der Waals surface area (Å²) in [5.41, 5.74) is -0.583. The number of methoxy groups -OCH3 is 1. The van der Waals surface area contributed by atoms with Gasteiger partial charge in [0.05, 0.1) is 30.8 Å². The van der Waals surface area contributed by atoms with Gasteiger partial charge in [-0.2, -0.15) is 0 Å². The van der Waals surface area contributed by atoms with E-state index in [1.807, 2.05) is 51.2 Å². The fourth-order valence-corrected chi connectivity index (χ4v) is 11.7. The van der Waals surface area contributed by atoms with E-state index in [9.17, 15) is 44.4 Å². The molecule has 12 heteroatoms. The molecule has 3 aliphatic carbocycles. The molecule has 4 N–H and O–H groups in total. The number of nitrogens with zero attached hydrogens (tertiary/aromatic N) is 1. The van der Waals surface area contributed by atoms with Crippen LogP contribution in [0.3, 0.4) is 0 Å². The second kappa shape index (κ2) is 22.9. The zero-order chi connectivity index (χ0) is 47.0. The molecular formula is C52H79NO11. The fourth-order valence-electron chi connectivity index (χ4n) is 11.7. The van der Waals surface area contributed by atoms with Gasteiger partial charge in [0.2, 0.25) is 0 Å². The lowest BCUT2D eigenvalue weighted by atomic mass is 9.67. The number of allylic oxidation sites excluding steroid dienone is 6. The highest BCUT2D eigenvalue weighted by Crippen LogP contribution is 2.51. The van der Waals surface area contributed by atoms with E-state index >= 15 is 0 Å². The number of aliphatic hydroxyl groups excluding tert-OH is 3. The minimum atomic E-state index is -1.92. The number of Topliss-reactive ketones (excluding diaryl/α,β-unsaturated/α-hetero) is 3. The number of cyclic esters (lactones) is 1. The molecule has 358 valence electrons. The lowest BCUT2D eigenvalue weighted by molar-refractivity contribution is -0.171. The number of esters is 1. The van der Waals surface area contributed by atoms with Gasteiger partial charge in [-0.25, -0.2) is 4.79 Å². The number of ketones is 3. The van der Waals surface area contributed by atoms with Gasteiger partial charge in [-0.3, -0.25) is 19.2 Å². The molecule has 0 aromatic carbocycles. The van der Waals surface area contributed by atoms with Crippen LogP contribution in [-0.4, -0.2) is 111 Å². The summed E-state index contributed by atoms with van der Waals surface area (Å²) >= 11 is 0. The van der Waals surface area contributed by atoms with Crippen LogP contribution in [0.1, 0.15) is 132 Å². The molecule has 1 amide bonds. The summed E-state index contributed by atoms with van der Waals surface area (Å²) in [7, 11) is 1.63. The summed E-state index contributed by atoms with van der Waals surface area (Å²) in [6, 6.07) is -1.07. The van der Waals surface area contributed by atoms with Crippen molar-refractivity contribution < 1.29 is 53.9 Å². The van der Waals surface area contributed by atoms with Gasteiger partial charge in [-0.15, -0.1) is 0 Å². The molecule has 2 aliphatic heterocycles. The molecule has 1 saturated heterocycles. The van der Waals surface area contributed by atoms with Crippen molar-refractivity contribution in [2.24, 2.45) is 59.2 Å². The highest BCUT2D eigenvalue weighted by molar-refractivity contribution is 6.39. The maximum Gasteiger partial charge on any atom is 0.329 e. The average Bonchev–Trinajstić information content (AvgIpc) is 3.84. The van der Waals surface area contributed by atoms with E-state index in [4.69, 9.17) is 9.47 Å². The molecule has 16 atom stereocenters. The molecule has 0 unspecified atom stereocenters. The molecule has 3 saturated carbocycles. The number of rotatable bonds is 5. The monoisotopic (exact) mass is 894 g/mol. The predicted octanol–water partition coefficient (Wildman–Crippen LogP) is 6.67. The minimum absolute atomic E-state index is 0.0184. The van der Waals surface area contributed by atoms with Crippen molar-refractivity contribution in [2.45, 2.75) is 168 Å². The van der Waals surface area contributed by atoms with Crippen molar-refractivity contribution in [2.75, 3.05) is 20.3 Å². The van der Waals surface area contributed by atoms with Crippen LogP contribution < -0.4 is 0 Å². The summed E-state index contributed by atoms with van der Waals surface area (Å²) in [5, 5.41) is 44.3. The van der Waals surface area contributed by atoms with Crippen molar-refractivity contribution in [1.29, 1.82) is 0 Å². The van der Waals surface area contributed by atoms with Crippen LogP contribution in [0.2, 0.25) is 0 Å². The predicted molar refractivity (Wildman–Crippen MR) is 244 cm³/mol. The van der Waals surface area contributed by atoms with Crippen LogP contribution in [0, 0.1) is 59.2 Å². The third-order valence-corrected chi connectivity index (χ3v) is 16.0. The topological polar surface area (TPSA) is 188 Å². The molecule has 0 radical (unpaired) electrons. The Hall–Kier alpha value is -3.29. The molecule has 64 heavy (non-hydrogen) atoms. The number of carbonyl (C=O) groups excluding carboxylic acids is 5. The van der Waals surface area contributed by atoms with Gasteiger partial charge in [0, 0.05) is 31.9 Å². The Morgan fingerprint density at radius 1 is 0.891 bits per heavy atom. The molecule has 4 fully saturated rings. The molecular weight excluding hydrogens is 815 g/mol. The first kappa shape index (κ1) is 51.7. The van der Waals surface area contributed by atoms with E-state index in [0.29, 0.717) is 55.9 Å². The number of fused-ring (bicyclic) bond motifs is 5. The lowest BCUT2D eigenvalue weighted by Crippen LogP contribution is -2.59. The van der Waals surface area contributed by atoms with Crippen LogP contribution in [0.4, 0.5) is 0 Å². The maximum absolute atomic E-state index is 14.4. The molecule has 0 aromatic heterocycles. The molecule has 5 aliphatic rings. The van der Waals surface area contributed by atoms with E-state index in [1.54, 1.807) is 40.9 Å². The largest absolute Gasteiger partial charge is 0.460 e. The van der Waals surface area contributed by atoms with Gasteiger partial charge in [0.15, 0.2) is 0 Å². The maximum atomic E-state index is 14.4. The van der Waals surface area contributed by atoms with Crippen LogP contribution in [-0.2, 0) is 33.4 Å². The number of piperidine rings is 1. The smallest absolute Gasteiger partial charge is 0.329 e. The summed E-state index contributed by atoms with van der Waals surface area (Å²) in [5.74, 6) is -5.16. The summed E-state index contributed by atoms with van der Waals surface area (Å²) in [4.78, 5) is 72.0. The van der Waals surface area contributed by atoms with Crippen LogP contribution in [0.25, 0.3) is 0 Å². The number of aliphatic hydroxyl groups is 4. The van der Waals surface area contributed by atoms with E-state index in [-0.39, 0.29) is 73.3 Å². The highest BCUT2D eigenvalue weighted by Gasteiger charge is 2.52. The normalized spacial score (nSPS) is 42.5. The van der Waals surface area contributed by atoms with Gasteiger partial charge in [0.25, 0.3) is 11.7 Å². The van der Waals surface area contributed by atoms with Crippen molar-refractivity contribution >= 4 is 29.2 Å². The SMILES string of the molecule is CO[C@H]1C[C@@H]2CC[C@@H](C)[C@@](O)(C2)C(=O)C(=O)N2CCCC[C@H]2C(=O)O[C@H]([C@H](C)C[C@H]2C[C@H]3C[C@@H]2C[C@@H]3O)CC(=O)[C@H](C)/C=C(\C)[C@@H](O)[C@@H](CO)C(=O)[C@H](C)C[C@H](C)/C=C/C=C/C=C/1C. The van der Waals surface area contributed by atoms with E-state index < -0.39 is 71.8 Å². The first-order valence-corrected chi connectivity index (χ1v) is 24.3. The molecule has 0 aromatic rings. The highest BCUT2D eigenvalue weighted by atomic mass is 16.5. The lowest BCUT2D eigenvalue weighted by Gasteiger charge is -2.43. The Morgan fingerprint density at radius 2 is 1.62 bits per heavy atom. The first-order chi connectivity index (χ1) is 30.3. The van der Waals surface area contributed by atoms with Gasteiger partial charge in [0.1, 0.15) is 29.3 Å². The Balaban J connectivity index is 1.46. The van der Waals surface area contributed by atoms with Gasteiger partial charge in [-0.1, -0.05) is 71.1 Å². The van der Waals surface area contributed by atoms with Crippen molar-refractivity contribution in [3.05, 3.63) is 47.6 Å². The zero-order valence-corrected chi connectivity index (χ0v) is 39.8. The van der Waals surface area contributed by atoms with Crippen molar-refractivity contribution in [3.63, 3.8) is 0 Å². The van der Waals surface area contributed by atoms with Gasteiger partial charge >= 0.3 is 5.97 Å². The zero-order valence-electron chi connectivity index (χ0n) is 39.8. The van der Waals surface area contributed by atoms with Gasteiger partial charge < -0.3 is 34.8 Å². The van der Waals surface area contributed by atoms with E-state index in [0.717, 1.165) is 31.3 Å². The Morgan fingerprint density at radius 3 is 2.28 bits per heavy atom. The molecule has 4 bridgehead atoms. The number of hydrogen-bond donors (Lipinski definition) is 4. The summed E-state index contributed by atoms with van der Waals surface area (Å²) in [6.45, 7) is 12.5. The molecule has 5 rings (SSSR count). The Kier molecular flexibility index (Phi) is 18.5. The second-order valence-corrected chi connectivity index (χ2v) is 20.8.